The maximum absolute atomic E-state index is 12.0. The van der Waals surface area contributed by atoms with Crippen molar-refractivity contribution < 1.29 is 23.7 Å². The molecule has 2 heterocycles. The fraction of sp³-hybridized carbons (Fsp3) is 0.375. The van der Waals surface area contributed by atoms with E-state index in [1.165, 1.54) is 13.2 Å². The minimum atomic E-state index is -1.57. The average molecular weight is 360 g/mol. The Hall–Kier alpha value is -3.48. The summed E-state index contributed by atoms with van der Waals surface area (Å²) in [5, 5.41) is 15.4. The van der Waals surface area contributed by atoms with E-state index in [4.69, 9.17) is 20.6 Å². The summed E-state index contributed by atoms with van der Waals surface area (Å²) in [6.07, 6.45) is 0. The maximum Gasteiger partial charge on any atom is 0.397 e. The summed E-state index contributed by atoms with van der Waals surface area (Å²) in [6, 6.07) is -0.367. The molecule has 0 radical (unpaired) electrons. The molecule has 0 saturated heterocycles. The second kappa shape index (κ2) is 7.60. The zero-order valence-electron chi connectivity index (χ0n) is 14.6. The topological polar surface area (TPSA) is 122 Å². The SMILES string of the molecule is [C-]#[N+]C(C(=O)OCC)c1nc(OC)c(-c2c(C)noc2C)cc1[N+](=O)[O-]. The number of hydrogen-bond acceptors (Lipinski definition) is 8. The molecule has 0 spiro atoms. The van der Waals surface area contributed by atoms with Crippen molar-refractivity contribution in [2.45, 2.75) is 26.8 Å². The van der Waals surface area contributed by atoms with Crippen molar-refractivity contribution in [1.29, 1.82) is 0 Å². The third-order valence-corrected chi connectivity index (χ3v) is 3.59. The van der Waals surface area contributed by atoms with Gasteiger partial charge in [0.1, 0.15) is 5.76 Å². The van der Waals surface area contributed by atoms with Crippen LogP contribution in [0.1, 0.15) is 30.1 Å². The monoisotopic (exact) mass is 360 g/mol. The lowest BCUT2D eigenvalue weighted by atomic mass is 10.0. The molecular weight excluding hydrogens is 344 g/mol. The fourth-order valence-electron chi connectivity index (χ4n) is 2.50. The van der Waals surface area contributed by atoms with Crippen molar-refractivity contribution in [3.05, 3.63) is 44.7 Å². The van der Waals surface area contributed by atoms with E-state index in [0.717, 1.165) is 0 Å². The van der Waals surface area contributed by atoms with E-state index in [0.29, 0.717) is 17.0 Å². The molecule has 2 rings (SSSR count). The van der Waals surface area contributed by atoms with Gasteiger partial charge in [-0.05, 0) is 20.8 Å². The number of nitro groups is 1. The molecule has 1 unspecified atom stereocenters. The fourth-order valence-corrected chi connectivity index (χ4v) is 2.50. The van der Waals surface area contributed by atoms with Crippen molar-refractivity contribution >= 4 is 11.7 Å². The van der Waals surface area contributed by atoms with Crippen LogP contribution < -0.4 is 4.74 Å². The predicted octanol–water partition coefficient (Wildman–Crippen LogP) is 2.79. The molecule has 10 heteroatoms. The van der Waals surface area contributed by atoms with Crippen LogP contribution in [0.5, 0.6) is 5.88 Å². The van der Waals surface area contributed by atoms with Crippen LogP contribution in [0.3, 0.4) is 0 Å². The molecule has 0 aliphatic rings. The highest BCUT2D eigenvalue weighted by molar-refractivity contribution is 5.82. The van der Waals surface area contributed by atoms with Gasteiger partial charge >= 0.3 is 12.0 Å². The van der Waals surface area contributed by atoms with E-state index >= 15 is 0 Å². The van der Waals surface area contributed by atoms with Crippen molar-refractivity contribution in [3.63, 3.8) is 0 Å². The Labute approximate surface area is 148 Å². The van der Waals surface area contributed by atoms with Gasteiger partial charge in [-0.3, -0.25) is 15.0 Å². The van der Waals surface area contributed by atoms with Crippen LogP contribution in [0.15, 0.2) is 10.6 Å². The first-order valence-corrected chi connectivity index (χ1v) is 7.55. The molecule has 0 aromatic carbocycles. The quantitative estimate of drug-likeness (QED) is 0.333. The minimum absolute atomic E-state index is 0.0120. The summed E-state index contributed by atoms with van der Waals surface area (Å²) < 4.78 is 15.1. The summed E-state index contributed by atoms with van der Waals surface area (Å²) in [6.45, 7) is 12.2. The number of ether oxygens (including phenoxy) is 2. The molecule has 0 amide bonds. The Morgan fingerprint density at radius 3 is 2.65 bits per heavy atom. The highest BCUT2D eigenvalue weighted by Gasteiger charge is 2.38. The molecule has 26 heavy (non-hydrogen) atoms. The second-order valence-corrected chi connectivity index (χ2v) is 5.19. The number of aryl methyl sites for hydroxylation is 2. The number of hydrogen-bond donors (Lipinski definition) is 0. The maximum atomic E-state index is 12.0. The van der Waals surface area contributed by atoms with E-state index in [9.17, 15) is 14.9 Å². The molecule has 0 fully saturated rings. The van der Waals surface area contributed by atoms with Gasteiger partial charge in [0.2, 0.25) is 11.6 Å². The third-order valence-electron chi connectivity index (χ3n) is 3.59. The molecule has 10 nitrogen and oxygen atoms in total. The van der Waals surface area contributed by atoms with Gasteiger partial charge in [0.15, 0.2) is 0 Å². The van der Waals surface area contributed by atoms with Crippen molar-refractivity contribution in [2.75, 3.05) is 13.7 Å². The zero-order valence-corrected chi connectivity index (χ0v) is 14.6. The molecule has 0 saturated carbocycles. The summed E-state index contributed by atoms with van der Waals surface area (Å²) in [7, 11) is 1.33. The largest absolute Gasteiger partial charge is 0.481 e. The Balaban J connectivity index is 2.75. The van der Waals surface area contributed by atoms with Gasteiger partial charge in [0, 0.05) is 6.07 Å². The van der Waals surface area contributed by atoms with Crippen LogP contribution in [0.2, 0.25) is 0 Å². The first-order valence-electron chi connectivity index (χ1n) is 7.55. The van der Waals surface area contributed by atoms with Crippen LogP contribution in [0.25, 0.3) is 16.0 Å². The lowest BCUT2D eigenvalue weighted by Crippen LogP contribution is -2.16. The molecule has 136 valence electrons. The standard InChI is InChI=1S/C16H16N4O6/c1-6-25-16(21)14(17-4)13-11(20(22)23)7-10(15(18-13)24-5)12-8(2)19-26-9(12)3/h7,14H,6H2,1-3,5H3. The third kappa shape index (κ3) is 3.32. The first-order chi connectivity index (χ1) is 12.3. The molecule has 2 aromatic rings. The number of methoxy groups -OCH3 is 1. The second-order valence-electron chi connectivity index (χ2n) is 5.19. The molecule has 1 atom stereocenters. The molecule has 0 aliphatic carbocycles. The van der Waals surface area contributed by atoms with Gasteiger partial charge in [0.25, 0.3) is 5.69 Å². The van der Waals surface area contributed by atoms with E-state index < -0.39 is 22.6 Å². The number of carbonyl (C=O) groups is 1. The van der Waals surface area contributed by atoms with Gasteiger partial charge in [-0.25, -0.2) is 16.4 Å². The smallest absolute Gasteiger partial charge is 0.397 e. The van der Waals surface area contributed by atoms with Crippen LogP contribution in [-0.4, -0.2) is 34.7 Å². The number of nitrogens with zero attached hydrogens (tertiary/aromatic N) is 4. The summed E-state index contributed by atoms with van der Waals surface area (Å²) in [4.78, 5) is 30.1. The number of aromatic nitrogens is 2. The highest BCUT2D eigenvalue weighted by atomic mass is 16.6. The number of esters is 1. The van der Waals surface area contributed by atoms with E-state index in [2.05, 4.69) is 15.0 Å². The van der Waals surface area contributed by atoms with Crippen molar-refractivity contribution in [1.82, 2.24) is 10.1 Å². The molecule has 0 N–H and O–H groups in total. The summed E-state index contributed by atoms with van der Waals surface area (Å²) in [5.41, 5.74) is 0.453. The van der Waals surface area contributed by atoms with Gasteiger partial charge < -0.3 is 14.0 Å². The predicted molar refractivity (Wildman–Crippen MR) is 88.4 cm³/mol. The zero-order chi connectivity index (χ0) is 19.4. The van der Waals surface area contributed by atoms with Crippen LogP contribution in [0, 0.1) is 30.5 Å². The van der Waals surface area contributed by atoms with Gasteiger partial charge in [-0.1, -0.05) is 5.16 Å². The van der Waals surface area contributed by atoms with Gasteiger partial charge in [0.05, 0.1) is 35.5 Å². The van der Waals surface area contributed by atoms with E-state index in [-0.39, 0.29) is 23.7 Å². The van der Waals surface area contributed by atoms with Crippen molar-refractivity contribution in [2.24, 2.45) is 0 Å². The van der Waals surface area contributed by atoms with Gasteiger partial charge in [-0.15, -0.1) is 0 Å². The molecular formula is C16H16N4O6. The number of pyridine rings is 1. The Kier molecular flexibility index (Phi) is 5.51. The van der Waals surface area contributed by atoms with Crippen LogP contribution >= 0.6 is 0 Å². The van der Waals surface area contributed by atoms with Gasteiger partial charge in [-0.2, -0.15) is 0 Å². The Morgan fingerprint density at radius 2 is 2.19 bits per heavy atom. The van der Waals surface area contributed by atoms with E-state index in [1.54, 1.807) is 20.8 Å². The highest BCUT2D eigenvalue weighted by Crippen LogP contribution is 2.39. The lowest BCUT2D eigenvalue weighted by Gasteiger charge is -2.11. The normalized spacial score (nSPS) is 11.5. The Morgan fingerprint density at radius 1 is 1.50 bits per heavy atom. The summed E-state index contributed by atoms with van der Waals surface area (Å²) in [5.74, 6) is -0.472. The average Bonchev–Trinajstić information content (AvgIpc) is 2.93. The summed E-state index contributed by atoms with van der Waals surface area (Å²) >= 11 is 0. The van der Waals surface area contributed by atoms with Crippen LogP contribution in [0.4, 0.5) is 5.69 Å². The number of rotatable bonds is 6. The van der Waals surface area contributed by atoms with E-state index in [1.807, 2.05) is 0 Å². The molecule has 2 aromatic heterocycles. The lowest BCUT2D eigenvalue weighted by molar-refractivity contribution is -0.386. The van der Waals surface area contributed by atoms with Crippen LogP contribution in [-0.2, 0) is 9.53 Å². The minimum Gasteiger partial charge on any atom is -0.481 e. The first kappa shape index (κ1) is 18.9. The molecule has 0 aliphatic heterocycles. The Bertz CT molecular complexity index is 879. The van der Waals surface area contributed by atoms with Crippen molar-refractivity contribution in [3.8, 4) is 17.0 Å². The number of carbonyl (C=O) groups excluding carboxylic acids is 1. The molecule has 0 bridgehead atoms.